The maximum absolute atomic E-state index is 11.9. The van der Waals surface area contributed by atoms with Gasteiger partial charge in [-0.25, -0.2) is 8.42 Å². The molecule has 0 fully saturated rings. The monoisotopic (exact) mass is 319 g/mol. The number of amides is 1. The predicted molar refractivity (Wildman–Crippen MR) is 80.3 cm³/mol. The van der Waals surface area contributed by atoms with Crippen LogP contribution in [0.2, 0.25) is 0 Å². The van der Waals surface area contributed by atoms with Crippen LogP contribution in [0.3, 0.4) is 0 Å². The molecule has 8 heteroatoms. The Bertz CT molecular complexity index is 500. The number of rotatable bonds is 9. The lowest BCUT2D eigenvalue weighted by Crippen LogP contribution is -2.46. The number of hydrogen-bond acceptors (Lipinski definition) is 5. The zero-order valence-corrected chi connectivity index (χ0v) is 13.3. The van der Waals surface area contributed by atoms with E-state index >= 15 is 0 Å². The molecule has 0 saturated carbocycles. The Balaban J connectivity index is 2.38. The lowest BCUT2D eigenvalue weighted by Gasteiger charge is -2.13. The largest absolute Gasteiger partial charge is 0.353 e. The third-order valence-electron chi connectivity index (χ3n) is 2.51. The molecule has 6 nitrogen and oxygen atoms in total. The fraction of sp³-hybridized carbons (Fsp3) is 0.583. The number of sulfonamides is 1. The Morgan fingerprint density at radius 2 is 2.10 bits per heavy atom. The second-order valence-electron chi connectivity index (χ2n) is 4.32. The molecule has 1 aromatic heterocycles. The lowest BCUT2D eigenvalue weighted by atomic mass is 10.3. The molecule has 1 amide bonds. The quantitative estimate of drug-likeness (QED) is 0.580. The Morgan fingerprint density at radius 1 is 1.35 bits per heavy atom. The lowest BCUT2D eigenvalue weighted by molar-refractivity contribution is -0.122. The molecule has 0 radical (unpaired) electrons. The number of thiophene rings is 1. The third kappa shape index (κ3) is 5.58. The van der Waals surface area contributed by atoms with Crippen LogP contribution in [-0.4, -0.2) is 40.0 Å². The van der Waals surface area contributed by atoms with E-state index < -0.39 is 16.1 Å². The summed E-state index contributed by atoms with van der Waals surface area (Å²) in [5.74, 6) is -0.330. The highest BCUT2D eigenvalue weighted by atomic mass is 32.2. The van der Waals surface area contributed by atoms with Crippen LogP contribution in [0.1, 0.15) is 20.3 Å². The molecule has 3 N–H and O–H groups in total. The number of carbonyl (C=O) groups is 1. The molecule has 1 heterocycles. The summed E-state index contributed by atoms with van der Waals surface area (Å²) >= 11 is 1.12. The molecule has 1 rings (SSSR count). The molecule has 0 aliphatic heterocycles. The summed E-state index contributed by atoms with van der Waals surface area (Å²) in [7, 11) is -3.61. The van der Waals surface area contributed by atoms with E-state index in [1.165, 1.54) is 13.0 Å². The molecule has 0 spiro atoms. The van der Waals surface area contributed by atoms with Crippen LogP contribution < -0.4 is 15.4 Å². The van der Waals surface area contributed by atoms with Gasteiger partial charge < -0.3 is 10.6 Å². The molecule has 0 bridgehead atoms. The molecule has 20 heavy (non-hydrogen) atoms. The average Bonchev–Trinajstić information content (AvgIpc) is 2.92. The van der Waals surface area contributed by atoms with Gasteiger partial charge in [-0.05, 0) is 31.3 Å². The van der Waals surface area contributed by atoms with Crippen LogP contribution in [0.15, 0.2) is 21.7 Å². The highest BCUT2D eigenvalue weighted by Gasteiger charge is 2.22. The fourth-order valence-corrected chi connectivity index (χ4v) is 3.70. The molecular weight excluding hydrogens is 298 g/mol. The van der Waals surface area contributed by atoms with Crippen LogP contribution in [0.5, 0.6) is 0 Å². The van der Waals surface area contributed by atoms with Crippen molar-refractivity contribution in [1.29, 1.82) is 0 Å². The Morgan fingerprint density at radius 3 is 2.70 bits per heavy atom. The Hall–Kier alpha value is -0.960. The summed E-state index contributed by atoms with van der Waals surface area (Å²) in [6.07, 6.45) is 1.03. The van der Waals surface area contributed by atoms with E-state index in [9.17, 15) is 13.2 Å². The molecule has 1 atom stereocenters. The highest BCUT2D eigenvalue weighted by Crippen LogP contribution is 2.15. The second-order valence-corrected chi connectivity index (χ2v) is 7.20. The smallest absolute Gasteiger partial charge is 0.250 e. The minimum absolute atomic E-state index is 0.210. The van der Waals surface area contributed by atoms with Crippen molar-refractivity contribution in [3.05, 3.63) is 17.5 Å². The second kappa shape index (κ2) is 8.35. The summed E-state index contributed by atoms with van der Waals surface area (Å²) in [6.45, 7) is 5.64. The number of nitrogens with one attached hydrogen (secondary N) is 3. The van der Waals surface area contributed by atoms with Gasteiger partial charge in [-0.3, -0.25) is 4.79 Å². The van der Waals surface area contributed by atoms with Crippen molar-refractivity contribution in [3.8, 4) is 0 Å². The number of hydrogen-bond donors (Lipinski definition) is 3. The van der Waals surface area contributed by atoms with Gasteiger partial charge in [0.05, 0.1) is 6.04 Å². The van der Waals surface area contributed by atoms with E-state index in [0.29, 0.717) is 13.1 Å². The maximum Gasteiger partial charge on any atom is 0.250 e. The van der Waals surface area contributed by atoms with E-state index in [-0.39, 0.29) is 10.1 Å². The third-order valence-corrected chi connectivity index (χ3v) is 5.45. The molecule has 1 aromatic rings. The fourth-order valence-electron chi connectivity index (χ4n) is 1.49. The van der Waals surface area contributed by atoms with Crippen LogP contribution in [0.25, 0.3) is 0 Å². The van der Waals surface area contributed by atoms with Gasteiger partial charge in [0.2, 0.25) is 5.91 Å². The van der Waals surface area contributed by atoms with Gasteiger partial charge in [-0.1, -0.05) is 13.0 Å². The van der Waals surface area contributed by atoms with Gasteiger partial charge in [0.25, 0.3) is 10.0 Å². The van der Waals surface area contributed by atoms with Gasteiger partial charge in [0.15, 0.2) is 0 Å². The molecule has 0 aromatic carbocycles. The van der Waals surface area contributed by atoms with Crippen molar-refractivity contribution in [3.63, 3.8) is 0 Å². The van der Waals surface area contributed by atoms with E-state index in [1.807, 2.05) is 0 Å². The Labute approximate surface area is 124 Å². The SMILES string of the molecule is CCCNCCNC(=O)C(C)NS(=O)(=O)c1cccs1. The maximum atomic E-state index is 11.9. The first-order valence-electron chi connectivity index (χ1n) is 6.51. The zero-order valence-electron chi connectivity index (χ0n) is 11.7. The van der Waals surface area contributed by atoms with Gasteiger partial charge in [-0.2, -0.15) is 4.72 Å². The van der Waals surface area contributed by atoms with Crippen LogP contribution >= 0.6 is 11.3 Å². The van der Waals surface area contributed by atoms with Gasteiger partial charge in [0, 0.05) is 13.1 Å². The van der Waals surface area contributed by atoms with E-state index in [0.717, 1.165) is 24.3 Å². The topological polar surface area (TPSA) is 87.3 Å². The van der Waals surface area contributed by atoms with Gasteiger partial charge in [0.1, 0.15) is 4.21 Å². The van der Waals surface area contributed by atoms with Crippen molar-refractivity contribution in [2.24, 2.45) is 0 Å². The summed E-state index contributed by atoms with van der Waals surface area (Å²) in [5.41, 5.74) is 0. The predicted octanol–water partition coefficient (Wildman–Crippen LogP) is 0.531. The van der Waals surface area contributed by atoms with Gasteiger partial charge in [-0.15, -0.1) is 11.3 Å². The van der Waals surface area contributed by atoms with E-state index in [1.54, 1.807) is 11.4 Å². The van der Waals surface area contributed by atoms with Crippen molar-refractivity contribution >= 4 is 27.3 Å². The van der Waals surface area contributed by atoms with Crippen LogP contribution in [0.4, 0.5) is 0 Å². The van der Waals surface area contributed by atoms with Crippen molar-refractivity contribution in [2.45, 2.75) is 30.5 Å². The average molecular weight is 319 g/mol. The first kappa shape index (κ1) is 17.1. The van der Waals surface area contributed by atoms with Crippen molar-refractivity contribution < 1.29 is 13.2 Å². The summed E-state index contributed by atoms with van der Waals surface area (Å²) in [4.78, 5) is 11.8. The molecule has 114 valence electrons. The van der Waals surface area contributed by atoms with E-state index in [4.69, 9.17) is 0 Å². The highest BCUT2D eigenvalue weighted by molar-refractivity contribution is 7.91. The number of carbonyl (C=O) groups excluding carboxylic acids is 1. The Kier molecular flexibility index (Phi) is 7.14. The summed E-state index contributed by atoms with van der Waals surface area (Å²) in [5, 5.41) is 7.51. The normalized spacial score (nSPS) is 13.1. The summed E-state index contributed by atoms with van der Waals surface area (Å²) in [6, 6.07) is 2.36. The molecule has 0 saturated heterocycles. The van der Waals surface area contributed by atoms with Crippen LogP contribution in [-0.2, 0) is 14.8 Å². The first-order chi connectivity index (χ1) is 9.47. The minimum Gasteiger partial charge on any atom is -0.353 e. The molecule has 0 aliphatic carbocycles. The molecule has 0 aliphatic rings. The van der Waals surface area contributed by atoms with Crippen molar-refractivity contribution in [1.82, 2.24) is 15.4 Å². The molecular formula is C12H21N3O3S2. The zero-order chi connectivity index (χ0) is 15.0. The summed E-state index contributed by atoms with van der Waals surface area (Å²) < 4.78 is 26.4. The standard InChI is InChI=1S/C12H21N3O3S2/c1-3-6-13-7-8-14-12(16)10(2)15-20(17,18)11-5-4-9-19-11/h4-5,9-10,13,15H,3,6-8H2,1-2H3,(H,14,16). The van der Waals surface area contributed by atoms with Crippen LogP contribution in [0, 0.1) is 0 Å². The first-order valence-corrected chi connectivity index (χ1v) is 8.88. The van der Waals surface area contributed by atoms with Gasteiger partial charge >= 0.3 is 0 Å². The molecule has 1 unspecified atom stereocenters. The van der Waals surface area contributed by atoms with Crippen molar-refractivity contribution in [2.75, 3.05) is 19.6 Å². The van der Waals surface area contributed by atoms with E-state index in [2.05, 4.69) is 22.3 Å². The minimum atomic E-state index is -3.61.